The summed E-state index contributed by atoms with van der Waals surface area (Å²) in [7, 11) is 0. The molecule has 4 saturated carbocycles. The van der Waals surface area contributed by atoms with E-state index in [0.717, 1.165) is 25.7 Å². The summed E-state index contributed by atoms with van der Waals surface area (Å²) >= 11 is 0. The van der Waals surface area contributed by atoms with Crippen LogP contribution in [0.5, 0.6) is 0 Å². The van der Waals surface area contributed by atoms with Gasteiger partial charge in [-0.05, 0) is 50.9 Å². The van der Waals surface area contributed by atoms with Crippen molar-refractivity contribution in [1.29, 1.82) is 0 Å². The Bertz CT molecular complexity index is 804. The molecule has 0 aromatic heterocycles. The molecule has 0 aromatic rings. The van der Waals surface area contributed by atoms with Crippen LogP contribution in [0.15, 0.2) is 12.2 Å². The molecule has 6 heteroatoms. The summed E-state index contributed by atoms with van der Waals surface area (Å²) in [6, 6.07) is 0. The fraction of sp³-hybridized carbons (Fsp3) is 0.739. The number of esters is 2. The molecule has 0 spiro atoms. The summed E-state index contributed by atoms with van der Waals surface area (Å²) < 4.78 is 10.9. The van der Waals surface area contributed by atoms with Gasteiger partial charge in [0.15, 0.2) is 6.61 Å². The van der Waals surface area contributed by atoms with Crippen molar-refractivity contribution in [2.45, 2.75) is 51.6 Å². The van der Waals surface area contributed by atoms with Crippen LogP contribution in [0.3, 0.4) is 0 Å². The molecule has 4 fully saturated rings. The van der Waals surface area contributed by atoms with Crippen LogP contribution in [0.2, 0.25) is 0 Å². The molecule has 0 radical (unpaired) electrons. The summed E-state index contributed by atoms with van der Waals surface area (Å²) in [4.78, 5) is 50.1. The minimum atomic E-state index is -0.564. The summed E-state index contributed by atoms with van der Waals surface area (Å²) in [5, 5.41) is 0. The van der Waals surface area contributed by atoms with Crippen molar-refractivity contribution >= 4 is 23.5 Å². The smallest absolute Gasteiger partial charge is 0.344 e. The summed E-state index contributed by atoms with van der Waals surface area (Å²) in [5.74, 6) is -1.95. The largest absolute Gasteiger partial charge is 0.457 e. The Kier molecular flexibility index (Phi) is 4.27. The number of hydrogen-bond donors (Lipinski definition) is 0. The van der Waals surface area contributed by atoms with Gasteiger partial charge >= 0.3 is 11.9 Å². The Morgan fingerprint density at radius 3 is 2.38 bits per heavy atom. The van der Waals surface area contributed by atoms with Gasteiger partial charge in [0, 0.05) is 23.7 Å². The molecule has 0 amide bonds. The summed E-state index contributed by atoms with van der Waals surface area (Å²) in [6.45, 7) is 3.41. The molecule has 0 aliphatic heterocycles. The van der Waals surface area contributed by atoms with Crippen molar-refractivity contribution in [2.24, 2.45) is 47.3 Å². The van der Waals surface area contributed by atoms with Gasteiger partial charge in [0.25, 0.3) is 0 Å². The van der Waals surface area contributed by atoms with Crippen LogP contribution in [-0.2, 0) is 28.7 Å². The summed E-state index contributed by atoms with van der Waals surface area (Å²) in [6.07, 6.45) is 8.69. The second kappa shape index (κ2) is 6.51. The number of ketones is 2. The van der Waals surface area contributed by atoms with Crippen molar-refractivity contribution in [2.75, 3.05) is 6.61 Å². The Balaban J connectivity index is 1.19. The van der Waals surface area contributed by atoms with Crippen LogP contribution in [0.25, 0.3) is 0 Å². The zero-order valence-corrected chi connectivity index (χ0v) is 17.0. The number of allylic oxidation sites excluding steroid dienone is 2. The lowest BCUT2D eigenvalue weighted by atomic mass is 9.69. The van der Waals surface area contributed by atoms with E-state index in [0.29, 0.717) is 12.3 Å². The normalized spacial score (nSPS) is 40.0. The zero-order chi connectivity index (χ0) is 20.5. The van der Waals surface area contributed by atoms with Crippen LogP contribution in [0, 0.1) is 47.3 Å². The lowest BCUT2D eigenvalue weighted by Gasteiger charge is -2.33. The highest BCUT2D eigenvalue weighted by molar-refractivity contribution is 6.01. The van der Waals surface area contributed by atoms with Gasteiger partial charge in [0.2, 0.25) is 0 Å². The molecule has 5 aliphatic rings. The molecule has 4 bridgehead atoms. The maximum atomic E-state index is 12.8. The van der Waals surface area contributed by atoms with Gasteiger partial charge in [-0.3, -0.25) is 14.4 Å². The second-order valence-corrected chi connectivity index (χ2v) is 10.0. The maximum Gasteiger partial charge on any atom is 0.344 e. The molecule has 5 rings (SSSR count). The minimum Gasteiger partial charge on any atom is -0.457 e. The van der Waals surface area contributed by atoms with E-state index < -0.39 is 36.0 Å². The molecular formula is C23H28O6. The molecule has 5 aliphatic carbocycles. The van der Waals surface area contributed by atoms with Gasteiger partial charge in [-0.15, -0.1) is 0 Å². The maximum absolute atomic E-state index is 12.8. The van der Waals surface area contributed by atoms with Crippen LogP contribution in [0.4, 0.5) is 0 Å². The molecule has 6 nitrogen and oxygen atoms in total. The standard InChI is InChI=1S/C23H28O6/c1-23(2,11-5-3-4-6-11)29-16(24)10-28-22(27)15-9-14-17-12-7-8-13(20(12)25)18(17)19(15)21(14)26/h7-8,11-15,17-19H,3-6,9-10H2,1-2H3. The predicted octanol–water partition coefficient (Wildman–Crippen LogP) is 2.49. The Morgan fingerprint density at radius 2 is 1.69 bits per heavy atom. The second-order valence-electron chi connectivity index (χ2n) is 10.0. The fourth-order valence-corrected chi connectivity index (χ4v) is 7.04. The van der Waals surface area contributed by atoms with E-state index in [1.807, 2.05) is 26.0 Å². The number of fused-ring (bicyclic) bond motifs is 9. The van der Waals surface area contributed by atoms with E-state index in [4.69, 9.17) is 9.47 Å². The van der Waals surface area contributed by atoms with Gasteiger partial charge in [-0.1, -0.05) is 25.0 Å². The zero-order valence-electron chi connectivity index (χ0n) is 17.0. The van der Waals surface area contributed by atoms with E-state index in [1.54, 1.807) is 0 Å². The summed E-state index contributed by atoms with van der Waals surface area (Å²) in [5.41, 5.74) is -0.564. The first kappa shape index (κ1) is 19.0. The van der Waals surface area contributed by atoms with Crippen LogP contribution < -0.4 is 0 Å². The number of Topliss-reactive ketones (excluding diaryl/α,β-unsaturated/α-hetero) is 2. The van der Waals surface area contributed by atoms with Crippen molar-refractivity contribution in [3.63, 3.8) is 0 Å². The molecule has 0 aromatic carbocycles. The quantitative estimate of drug-likeness (QED) is 0.400. The molecule has 7 atom stereocenters. The molecular weight excluding hydrogens is 372 g/mol. The van der Waals surface area contributed by atoms with Gasteiger partial charge in [-0.25, -0.2) is 4.79 Å². The third kappa shape index (κ3) is 2.74. The minimum absolute atomic E-state index is 0.0606. The lowest BCUT2D eigenvalue weighted by Crippen LogP contribution is -2.38. The van der Waals surface area contributed by atoms with Crippen molar-refractivity contribution in [3.8, 4) is 0 Å². The number of rotatable bonds is 5. The van der Waals surface area contributed by atoms with Gasteiger partial charge in [0.1, 0.15) is 17.2 Å². The number of carbonyl (C=O) groups excluding carboxylic acids is 4. The Labute approximate surface area is 170 Å². The molecule has 0 N–H and O–H groups in total. The molecule has 7 unspecified atom stereocenters. The topological polar surface area (TPSA) is 86.7 Å². The highest BCUT2D eigenvalue weighted by Gasteiger charge is 2.69. The molecule has 0 heterocycles. The monoisotopic (exact) mass is 400 g/mol. The van der Waals surface area contributed by atoms with Gasteiger partial charge in [0.05, 0.1) is 5.92 Å². The van der Waals surface area contributed by atoms with Gasteiger partial charge < -0.3 is 9.47 Å². The number of carbonyl (C=O) groups is 4. The third-order valence-corrected chi connectivity index (χ3v) is 8.32. The van der Waals surface area contributed by atoms with Crippen molar-refractivity contribution in [3.05, 3.63) is 12.2 Å². The Morgan fingerprint density at radius 1 is 1.03 bits per heavy atom. The van der Waals surface area contributed by atoms with Crippen LogP contribution in [-0.4, -0.2) is 35.7 Å². The van der Waals surface area contributed by atoms with Crippen LogP contribution >= 0.6 is 0 Å². The van der Waals surface area contributed by atoms with E-state index >= 15 is 0 Å². The SMILES string of the molecule is CC(C)(OC(=O)COC(=O)C1CC2C(=O)C1C1C3C=CC(C3=O)C21)C1CCCC1. The number of hydrogen-bond acceptors (Lipinski definition) is 6. The predicted molar refractivity (Wildman–Crippen MR) is 101 cm³/mol. The van der Waals surface area contributed by atoms with Crippen molar-refractivity contribution in [1.82, 2.24) is 0 Å². The average molecular weight is 400 g/mol. The Hall–Kier alpha value is -1.98. The first-order chi connectivity index (χ1) is 13.8. The molecule has 156 valence electrons. The highest BCUT2D eigenvalue weighted by Crippen LogP contribution is 2.64. The van der Waals surface area contributed by atoms with E-state index in [-0.39, 0.29) is 41.2 Å². The van der Waals surface area contributed by atoms with E-state index in [1.165, 1.54) is 0 Å². The molecule has 0 saturated heterocycles. The first-order valence-electron chi connectivity index (χ1n) is 10.9. The number of ether oxygens (including phenoxy) is 2. The molecule has 29 heavy (non-hydrogen) atoms. The highest BCUT2D eigenvalue weighted by atomic mass is 16.6. The fourth-order valence-electron chi connectivity index (χ4n) is 7.04. The first-order valence-corrected chi connectivity index (χ1v) is 10.9. The van der Waals surface area contributed by atoms with E-state index in [9.17, 15) is 19.2 Å². The lowest BCUT2D eigenvalue weighted by molar-refractivity contribution is -0.174. The van der Waals surface area contributed by atoms with Crippen LogP contribution in [0.1, 0.15) is 46.0 Å². The van der Waals surface area contributed by atoms with Crippen molar-refractivity contribution < 1.29 is 28.7 Å². The van der Waals surface area contributed by atoms with E-state index in [2.05, 4.69) is 0 Å². The third-order valence-electron chi connectivity index (χ3n) is 8.32. The average Bonchev–Trinajstić information content (AvgIpc) is 3.47. The van der Waals surface area contributed by atoms with Gasteiger partial charge in [-0.2, -0.15) is 0 Å².